The molecular weight excluding hydrogens is 360 g/mol. The van der Waals surface area contributed by atoms with Crippen LogP contribution in [-0.4, -0.2) is 66.4 Å². The average Bonchev–Trinajstić information content (AvgIpc) is 2.74. The first-order chi connectivity index (χ1) is 13.3. The van der Waals surface area contributed by atoms with E-state index in [1.807, 2.05) is 6.07 Å². The molecule has 1 aromatic carbocycles. The Morgan fingerprint density at radius 1 is 1.00 bits per heavy atom. The van der Waals surface area contributed by atoms with Gasteiger partial charge in [-0.05, 0) is 37.8 Å². The number of benzene rings is 1. The molecule has 150 valence electrons. The summed E-state index contributed by atoms with van der Waals surface area (Å²) in [5.41, 5.74) is 1.16. The molecule has 0 spiro atoms. The predicted molar refractivity (Wildman–Crippen MR) is 111 cm³/mol. The summed E-state index contributed by atoms with van der Waals surface area (Å²) in [6.07, 6.45) is 7.30. The molecule has 5 nitrogen and oxygen atoms in total. The third kappa shape index (κ3) is 4.84. The lowest BCUT2D eigenvalue weighted by Crippen LogP contribution is -2.47. The van der Waals surface area contributed by atoms with Gasteiger partial charge in [0.15, 0.2) is 11.5 Å². The van der Waals surface area contributed by atoms with Crippen LogP contribution in [0.3, 0.4) is 0 Å². The minimum Gasteiger partial charge on any atom is -0.616 e. The molecule has 1 aliphatic carbocycles. The van der Waals surface area contributed by atoms with Crippen molar-refractivity contribution in [3.8, 4) is 11.5 Å². The summed E-state index contributed by atoms with van der Waals surface area (Å²) < 4.78 is 24.1. The number of rotatable bonds is 6. The Morgan fingerprint density at radius 2 is 1.78 bits per heavy atom. The molecule has 3 aliphatic rings. The molecule has 0 aromatic heterocycles. The smallest absolute Gasteiger partial charge is 0.184 e. The standard InChI is InChI=1S/C21H32N2O3S/c24-27(18-6-2-1-3-7-18)17-5-10-22-11-13-23(14-12-22)19-8-4-9-20-21(19)26-16-15-25-20/h4,8-9,18H,1-3,5-7,10-17H2. The van der Waals surface area contributed by atoms with Gasteiger partial charge in [0.25, 0.3) is 0 Å². The van der Waals surface area contributed by atoms with Crippen LogP contribution in [0.15, 0.2) is 18.2 Å². The maximum absolute atomic E-state index is 12.5. The third-order valence-corrected chi connectivity index (χ3v) is 7.91. The van der Waals surface area contributed by atoms with Crippen molar-refractivity contribution in [2.75, 3.05) is 56.6 Å². The molecule has 4 rings (SSSR count). The Kier molecular flexibility index (Phi) is 6.69. The first-order valence-electron chi connectivity index (χ1n) is 10.5. The fourth-order valence-corrected chi connectivity index (χ4v) is 6.05. The minimum atomic E-state index is -0.617. The molecule has 0 radical (unpaired) electrons. The highest BCUT2D eigenvalue weighted by Gasteiger charge is 2.26. The fraction of sp³-hybridized carbons (Fsp3) is 0.714. The average molecular weight is 393 g/mol. The number of hydrogen-bond acceptors (Lipinski definition) is 5. The second-order valence-corrected chi connectivity index (χ2v) is 9.66. The van der Waals surface area contributed by atoms with Gasteiger partial charge in [0.1, 0.15) is 24.2 Å². The number of nitrogens with zero attached hydrogens (tertiary/aromatic N) is 2. The molecular formula is C21H32N2O3S. The van der Waals surface area contributed by atoms with Gasteiger partial charge in [0, 0.05) is 39.1 Å². The highest BCUT2D eigenvalue weighted by molar-refractivity contribution is 7.92. The maximum atomic E-state index is 12.5. The summed E-state index contributed by atoms with van der Waals surface area (Å²) in [6, 6.07) is 6.17. The molecule has 0 bridgehead atoms. The molecule has 1 atom stereocenters. The highest BCUT2D eigenvalue weighted by Crippen LogP contribution is 2.39. The van der Waals surface area contributed by atoms with Crippen molar-refractivity contribution in [1.82, 2.24) is 4.90 Å². The first-order valence-corrected chi connectivity index (χ1v) is 11.9. The van der Waals surface area contributed by atoms with Crippen molar-refractivity contribution < 1.29 is 14.0 Å². The summed E-state index contributed by atoms with van der Waals surface area (Å²) in [7, 11) is 0. The highest BCUT2D eigenvalue weighted by atomic mass is 32.2. The van der Waals surface area contributed by atoms with Gasteiger partial charge in [-0.1, -0.05) is 23.7 Å². The van der Waals surface area contributed by atoms with Crippen molar-refractivity contribution in [2.45, 2.75) is 43.8 Å². The summed E-state index contributed by atoms with van der Waals surface area (Å²) in [4.78, 5) is 4.92. The zero-order chi connectivity index (χ0) is 18.5. The van der Waals surface area contributed by atoms with E-state index >= 15 is 0 Å². The molecule has 0 N–H and O–H groups in total. The number of anilines is 1. The second-order valence-electron chi connectivity index (χ2n) is 7.83. The van der Waals surface area contributed by atoms with Gasteiger partial charge in [-0.2, -0.15) is 0 Å². The Labute approximate surface area is 166 Å². The topological polar surface area (TPSA) is 48.0 Å². The molecule has 6 heteroatoms. The normalized spacial score (nSPS) is 22.6. The van der Waals surface area contributed by atoms with Crippen LogP contribution in [0, 0.1) is 0 Å². The van der Waals surface area contributed by atoms with Crippen LogP contribution < -0.4 is 14.4 Å². The first kappa shape index (κ1) is 19.2. The van der Waals surface area contributed by atoms with Gasteiger partial charge in [0.2, 0.25) is 0 Å². The molecule has 1 aromatic rings. The van der Waals surface area contributed by atoms with E-state index in [1.165, 1.54) is 32.1 Å². The van der Waals surface area contributed by atoms with Gasteiger partial charge in [-0.3, -0.25) is 4.90 Å². The van der Waals surface area contributed by atoms with Gasteiger partial charge < -0.3 is 18.9 Å². The molecule has 2 aliphatic heterocycles. The van der Waals surface area contributed by atoms with E-state index in [4.69, 9.17) is 9.47 Å². The predicted octanol–water partition coefficient (Wildman–Crippen LogP) is 3.05. The monoisotopic (exact) mass is 392 g/mol. The van der Waals surface area contributed by atoms with E-state index in [2.05, 4.69) is 21.9 Å². The summed E-state index contributed by atoms with van der Waals surface area (Å²) in [6.45, 7) is 6.45. The van der Waals surface area contributed by atoms with Crippen LogP contribution in [0.5, 0.6) is 11.5 Å². The molecule has 2 fully saturated rings. The molecule has 27 heavy (non-hydrogen) atoms. The van der Waals surface area contributed by atoms with Crippen LogP contribution in [0.4, 0.5) is 5.69 Å². The van der Waals surface area contributed by atoms with Gasteiger partial charge in [0.05, 0.1) is 5.69 Å². The van der Waals surface area contributed by atoms with Gasteiger partial charge in [-0.25, -0.2) is 0 Å². The molecule has 1 saturated heterocycles. The van der Waals surface area contributed by atoms with Crippen molar-refractivity contribution in [1.29, 1.82) is 0 Å². The molecule has 0 amide bonds. The number of hydrogen-bond donors (Lipinski definition) is 0. The Hall–Kier alpha value is -1.11. The lowest BCUT2D eigenvalue weighted by atomic mass is 10.0. The molecule has 1 unspecified atom stereocenters. The quantitative estimate of drug-likeness (QED) is 0.697. The van der Waals surface area contributed by atoms with E-state index in [9.17, 15) is 4.55 Å². The van der Waals surface area contributed by atoms with Crippen LogP contribution in [0.25, 0.3) is 0 Å². The lowest BCUT2D eigenvalue weighted by Gasteiger charge is -2.37. The van der Waals surface area contributed by atoms with E-state index in [0.717, 1.165) is 62.1 Å². The number of fused-ring (bicyclic) bond motifs is 1. The lowest BCUT2D eigenvalue weighted by molar-refractivity contribution is 0.171. The maximum Gasteiger partial charge on any atom is 0.184 e. The minimum absolute atomic E-state index is 0.474. The SMILES string of the molecule is [O-][S+](CCCN1CCN(c2cccc3c2OCCO3)CC1)C1CCCCC1. The fourth-order valence-electron chi connectivity index (χ4n) is 4.44. The second kappa shape index (κ2) is 9.39. The van der Waals surface area contributed by atoms with Crippen molar-refractivity contribution in [3.05, 3.63) is 18.2 Å². The Bertz CT molecular complexity index is 601. The molecule has 1 saturated carbocycles. The zero-order valence-electron chi connectivity index (χ0n) is 16.2. The van der Waals surface area contributed by atoms with Crippen LogP contribution in [0.2, 0.25) is 0 Å². The zero-order valence-corrected chi connectivity index (χ0v) is 17.1. The van der Waals surface area contributed by atoms with Crippen molar-refractivity contribution in [3.63, 3.8) is 0 Å². The van der Waals surface area contributed by atoms with Crippen molar-refractivity contribution >= 4 is 16.9 Å². The Balaban J connectivity index is 1.21. The van der Waals surface area contributed by atoms with Crippen molar-refractivity contribution in [2.24, 2.45) is 0 Å². The van der Waals surface area contributed by atoms with E-state index in [1.54, 1.807) is 0 Å². The van der Waals surface area contributed by atoms with Crippen LogP contribution >= 0.6 is 0 Å². The number of ether oxygens (including phenoxy) is 2. The summed E-state index contributed by atoms with van der Waals surface area (Å²) in [5, 5.41) is 0.474. The number of piperazine rings is 1. The van der Waals surface area contributed by atoms with Crippen LogP contribution in [-0.2, 0) is 11.2 Å². The van der Waals surface area contributed by atoms with Crippen LogP contribution in [0.1, 0.15) is 38.5 Å². The van der Waals surface area contributed by atoms with E-state index < -0.39 is 11.2 Å². The van der Waals surface area contributed by atoms with E-state index in [-0.39, 0.29) is 0 Å². The third-order valence-electron chi connectivity index (χ3n) is 6.00. The van der Waals surface area contributed by atoms with E-state index in [0.29, 0.717) is 18.5 Å². The number of para-hydroxylation sites is 1. The van der Waals surface area contributed by atoms with Gasteiger partial charge in [-0.15, -0.1) is 0 Å². The Morgan fingerprint density at radius 3 is 2.59 bits per heavy atom. The summed E-state index contributed by atoms with van der Waals surface area (Å²) in [5.74, 6) is 2.65. The van der Waals surface area contributed by atoms with Gasteiger partial charge >= 0.3 is 0 Å². The molecule has 2 heterocycles. The largest absolute Gasteiger partial charge is 0.616 e. The summed E-state index contributed by atoms with van der Waals surface area (Å²) >= 11 is -0.617.